The van der Waals surface area contributed by atoms with Crippen molar-refractivity contribution in [3.05, 3.63) is 35.9 Å². The van der Waals surface area contributed by atoms with Crippen LogP contribution in [0.3, 0.4) is 0 Å². The first kappa shape index (κ1) is 12.2. The maximum absolute atomic E-state index is 10.4. The summed E-state index contributed by atoms with van der Waals surface area (Å²) < 4.78 is 0. The van der Waals surface area contributed by atoms with Crippen LogP contribution >= 0.6 is 0 Å². The number of nitrogens with two attached hydrogens (primary N) is 1. The molecule has 1 aromatic rings. The number of carboxylic acids is 1. The summed E-state index contributed by atoms with van der Waals surface area (Å²) in [5, 5.41) is 8.52. The Hall–Kier alpha value is -0.831. The van der Waals surface area contributed by atoms with Gasteiger partial charge in [0.2, 0.25) is 0 Å². The number of hydrogen-bond acceptors (Lipinski definition) is 2. The average Bonchev–Trinajstić information content (AvgIpc) is 2.06. The van der Waals surface area contributed by atoms with Crippen LogP contribution in [0.1, 0.15) is 5.56 Å². The normalized spacial score (nSPS) is 11.5. The topological polar surface area (TPSA) is 63.3 Å². The van der Waals surface area contributed by atoms with Gasteiger partial charge in [0.25, 0.3) is 0 Å². The van der Waals surface area contributed by atoms with E-state index in [1.165, 1.54) is 0 Å². The van der Waals surface area contributed by atoms with Crippen molar-refractivity contribution in [2.24, 2.45) is 5.73 Å². The Bertz CT molecular complexity index is 264. The number of benzene rings is 1. The Morgan fingerprint density at radius 1 is 1.38 bits per heavy atom. The van der Waals surface area contributed by atoms with Gasteiger partial charge in [0, 0.05) is 0 Å². The van der Waals surface area contributed by atoms with Crippen molar-refractivity contribution in [3.63, 3.8) is 0 Å². The Labute approximate surface area is 87.4 Å². The predicted molar refractivity (Wildman–Crippen MR) is 54.3 cm³/mol. The van der Waals surface area contributed by atoms with Crippen molar-refractivity contribution in [2.45, 2.75) is 12.5 Å². The van der Waals surface area contributed by atoms with Crippen LogP contribution in [-0.2, 0) is 11.2 Å². The molecule has 0 aliphatic rings. The summed E-state index contributed by atoms with van der Waals surface area (Å²) in [5.74, 6) is -0.959. The molecule has 0 fully saturated rings. The Balaban J connectivity index is 0.00000144. The van der Waals surface area contributed by atoms with Crippen LogP contribution in [-0.4, -0.2) is 34.2 Å². The van der Waals surface area contributed by atoms with Crippen LogP contribution < -0.4 is 5.73 Å². The summed E-state index contributed by atoms with van der Waals surface area (Å²) in [7, 11) is 0. The van der Waals surface area contributed by atoms with Crippen molar-refractivity contribution in [3.8, 4) is 0 Å². The van der Waals surface area contributed by atoms with Crippen molar-refractivity contribution < 1.29 is 9.90 Å². The van der Waals surface area contributed by atoms with Crippen LogP contribution in [0.2, 0.25) is 0 Å². The van der Waals surface area contributed by atoms with Crippen LogP contribution in [0, 0.1) is 0 Å². The average molecular weight is 246 g/mol. The fourth-order valence-corrected chi connectivity index (χ4v) is 0.955. The van der Waals surface area contributed by atoms with Gasteiger partial charge in [-0.15, -0.1) is 0 Å². The van der Waals surface area contributed by atoms with Crippen LogP contribution in [0.5, 0.6) is 0 Å². The quantitative estimate of drug-likeness (QED) is 0.721. The zero-order valence-corrected chi connectivity index (χ0v) is 9.20. The molecule has 0 aromatic heterocycles. The molecule has 72 valence electrons. The van der Waals surface area contributed by atoms with Gasteiger partial charge in [-0.05, 0) is 12.0 Å². The predicted octanol–water partition coefficient (Wildman–Crippen LogP) is -0.275. The van der Waals surface area contributed by atoms with E-state index in [2.05, 4.69) is 0 Å². The molecule has 1 rings (SSSR count). The molecule has 13 heavy (non-hydrogen) atoms. The van der Waals surface area contributed by atoms with Crippen LogP contribution in [0.25, 0.3) is 0 Å². The van der Waals surface area contributed by atoms with Crippen molar-refractivity contribution in [1.82, 2.24) is 0 Å². The third-order valence-corrected chi connectivity index (χ3v) is 1.62. The molecular weight excluding hydrogens is 233 g/mol. The first-order valence-electron chi connectivity index (χ1n) is 3.72. The summed E-state index contributed by atoms with van der Waals surface area (Å²) in [6.07, 6.45) is 0.385. The summed E-state index contributed by atoms with van der Waals surface area (Å²) in [5.41, 5.74) is 6.30. The summed E-state index contributed by atoms with van der Waals surface area (Å²) in [6.45, 7) is 0. The number of rotatable bonds is 3. The molecule has 1 unspecified atom stereocenters. The maximum atomic E-state index is 10.4. The van der Waals surface area contributed by atoms with Crippen LogP contribution in [0.4, 0.5) is 0 Å². The summed E-state index contributed by atoms with van der Waals surface area (Å²) in [6, 6.07) is 8.54. The molecule has 0 aliphatic heterocycles. The van der Waals surface area contributed by atoms with E-state index in [9.17, 15) is 4.79 Å². The molecular formula is C9H13NO2Se. The standard InChI is InChI=1S/C9H11NO2.H2Se/c10-8(9(11)12)6-7-4-2-1-3-5-7;/h1-5,8H,6,10H2,(H,11,12);1H2. The molecule has 0 bridgehead atoms. The summed E-state index contributed by atoms with van der Waals surface area (Å²) in [4.78, 5) is 10.4. The van der Waals surface area contributed by atoms with E-state index in [0.717, 1.165) is 5.56 Å². The molecule has 0 saturated heterocycles. The fraction of sp³-hybridized carbons (Fsp3) is 0.222. The second kappa shape index (κ2) is 5.75. The minimum absolute atomic E-state index is 0. The molecule has 0 heterocycles. The van der Waals surface area contributed by atoms with Crippen molar-refractivity contribution in [2.75, 3.05) is 0 Å². The molecule has 1 atom stereocenters. The van der Waals surface area contributed by atoms with Gasteiger partial charge in [-0.1, -0.05) is 30.3 Å². The second-order valence-corrected chi connectivity index (χ2v) is 2.63. The number of hydrogen-bond donors (Lipinski definition) is 2. The molecule has 0 saturated carbocycles. The van der Waals surface area contributed by atoms with Crippen LogP contribution in [0.15, 0.2) is 30.3 Å². The van der Waals surface area contributed by atoms with Crippen molar-refractivity contribution >= 4 is 23.0 Å². The molecule has 3 N–H and O–H groups in total. The van der Waals surface area contributed by atoms with E-state index >= 15 is 0 Å². The third kappa shape index (κ3) is 4.08. The molecule has 0 spiro atoms. The minimum atomic E-state index is -0.959. The van der Waals surface area contributed by atoms with E-state index in [1.54, 1.807) is 0 Å². The number of aliphatic carboxylic acids is 1. The van der Waals surface area contributed by atoms with E-state index in [0.29, 0.717) is 6.42 Å². The van der Waals surface area contributed by atoms with Gasteiger partial charge in [0.15, 0.2) is 0 Å². The van der Waals surface area contributed by atoms with Gasteiger partial charge in [0.05, 0.1) is 0 Å². The van der Waals surface area contributed by atoms with E-state index in [4.69, 9.17) is 10.8 Å². The van der Waals surface area contributed by atoms with Gasteiger partial charge in [-0.3, -0.25) is 4.79 Å². The molecule has 1 aromatic carbocycles. The fourth-order valence-electron chi connectivity index (χ4n) is 0.955. The van der Waals surface area contributed by atoms with Gasteiger partial charge < -0.3 is 10.8 Å². The zero-order valence-electron chi connectivity index (χ0n) is 7.10. The first-order chi connectivity index (χ1) is 5.70. The molecule has 0 radical (unpaired) electrons. The SMILES string of the molecule is NC(Cc1ccccc1)C(=O)O.[SeH2]. The van der Waals surface area contributed by atoms with E-state index < -0.39 is 12.0 Å². The van der Waals surface area contributed by atoms with Crippen molar-refractivity contribution in [1.29, 1.82) is 0 Å². The Kier molecular flexibility index (Phi) is 5.39. The Morgan fingerprint density at radius 2 is 1.92 bits per heavy atom. The first-order valence-corrected chi connectivity index (χ1v) is 3.72. The number of carbonyl (C=O) groups is 1. The molecule has 0 amide bonds. The van der Waals surface area contributed by atoms with E-state index in [-0.39, 0.29) is 17.1 Å². The van der Waals surface area contributed by atoms with E-state index in [1.807, 2.05) is 30.3 Å². The van der Waals surface area contributed by atoms with Gasteiger partial charge in [-0.25, -0.2) is 0 Å². The van der Waals surface area contributed by atoms with Gasteiger partial charge in [0.1, 0.15) is 6.04 Å². The number of carboxylic acid groups (broad SMARTS) is 1. The Morgan fingerprint density at radius 3 is 2.38 bits per heavy atom. The summed E-state index contributed by atoms with van der Waals surface area (Å²) >= 11 is 0. The zero-order chi connectivity index (χ0) is 8.97. The monoisotopic (exact) mass is 247 g/mol. The second-order valence-electron chi connectivity index (χ2n) is 2.63. The van der Waals surface area contributed by atoms with Gasteiger partial charge in [-0.2, -0.15) is 0 Å². The molecule has 3 nitrogen and oxygen atoms in total. The molecule has 0 aliphatic carbocycles. The molecule has 4 heteroatoms. The van der Waals surface area contributed by atoms with Gasteiger partial charge >= 0.3 is 23.0 Å². The third-order valence-electron chi connectivity index (χ3n) is 1.62.